The van der Waals surface area contributed by atoms with Gasteiger partial charge in [-0.15, -0.1) is 0 Å². The van der Waals surface area contributed by atoms with Gasteiger partial charge in [-0.25, -0.2) is 4.79 Å². The second-order valence-corrected chi connectivity index (χ2v) is 5.35. The summed E-state index contributed by atoms with van der Waals surface area (Å²) in [5.74, 6) is 0.628. The molecule has 0 spiro atoms. The minimum atomic E-state index is 0.176. The second-order valence-electron chi connectivity index (χ2n) is 5.35. The topological polar surface area (TPSA) is 32.3 Å². The molecule has 2 rings (SSSR count). The average molecular weight is 224 g/mol. The van der Waals surface area contributed by atoms with E-state index in [0.717, 1.165) is 6.54 Å². The molecule has 2 fully saturated rings. The van der Waals surface area contributed by atoms with Crippen molar-refractivity contribution in [3.63, 3.8) is 0 Å². The zero-order chi connectivity index (χ0) is 11.5. The molecule has 92 valence electrons. The van der Waals surface area contributed by atoms with Crippen molar-refractivity contribution in [1.29, 1.82) is 0 Å². The van der Waals surface area contributed by atoms with Gasteiger partial charge >= 0.3 is 6.03 Å². The highest BCUT2D eigenvalue weighted by atomic mass is 16.2. The third-order valence-corrected chi connectivity index (χ3v) is 4.14. The van der Waals surface area contributed by atoms with Crippen molar-refractivity contribution in [3.05, 3.63) is 0 Å². The smallest absolute Gasteiger partial charge is 0.318 e. The predicted molar refractivity (Wildman–Crippen MR) is 65.4 cm³/mol. The van der Waals surface area contributed by atoms with Gasteiger partial charge in [0.25, 0.3) is 0 Å². The zero-order valence-corrected chi connectivity index (χ0v) is 10.5. The molecule has 2 aliphatic rings. The minimum Gasteiger partial charge on any atom is -0.333 e. The van der Waals surface area contributed by atoms with Crippen molar-refractivity contribution in [2.24, 2.45) is 5.92 Å². The molecule has 2 saturated heterocycles. The molecule has 16 heavy (non-hydrogen) atoms. The van der Waals surface area contributed by atoms with Crippen LogP contribution < -0.4 is 5.32 Å². The quantitative estimate of drug-likeness (QED) is 0.716. The Hall–Kier alpha value is -0.730. The van der Waals surface area contributed by atoms with E-state index in [2.05, 4.69) is 19.2 Å². The summed E-state index contributed by atoms with van der Waals surface area (Å²) in [6.07, 6.45) is 7.54. The van der Waals surface area contributed by atoms with E-state index in [9.17, 15) is 4.79 Å². The molecule has 0 aromatic rings. The Morgan fingerprint density at radius 1 is 1.50 bits per heavy atom. The Morgan fingerprint density at radius 3 is 3.06 bits per heavy atom. The number of amides is 2. The van der Waals surface area contributed by atoms with Crippen LogP contribution in [0.2, 0.25) is 0 Å². The summed E-state index contributed by atoms with van der Waals surface area (Å²) in [4.78, 5) is 13.8. The molecule has 2 amide bonds. The van der Waals surface area contributed by atoms with Crippen LogP contribution in [0.4, 0.5) is 4.79 Å². The van der Waals surface area contributed by atoms with Crippen molar-refractivity contribution in [2.75, 3.05) is 6.54 Å². The maximum absolute atomic E-state index is 11.7. The number of hydrogen-bond acceptors (Lipinski definition) is 1. The molecule has 0 saturated carbocycles. The molecule has 2 heterocycles. The highest BCUT2D eigenvalue weighted by molar-refractivity contribution is 5.78. The summed E-state index contributed by atoms with van der Waals surface area (Å²) in [7, 11) is 0. The van der Waals surface area contributed by atoms with E-state index in [0.29, 0.717) is 18.0 Å². The maximum Gasteiger partial charge on any atom is 0.318 e. The van der Waals surface area contributed by atoms with Gasteiger partial charge < -0.3 is 10.2 Å². The van der Waals surface area contributed by atoms with E-state index in [1.165, 1.54) is 38.5 Å². The first-order chi connectivity index (χ1) is 7.74. The van der Waals surface area contributed by atoms with E-state index < -0.39 is 0 Å². The number of unbranched alkanes of at least 4 members (excludes halogenated alkanes) is 2. The van der Waals surface area contributed by atoms with Gasteiger partial charge in [-0.1, -0.05) is 33.1 Å². The predicted octanol–water partition coefficient (Wildman–Crippen LogP) is 2.76. The molecule has 0 aliphatic carbocycles. The third kappa shape index (κ3) is 2.18. The zero-order valence-electron chi connectivity index (χ0n) is 10.5. The summed E-state index contributed by atoms with van der Waals surface area (Å²) in [6.45, 7) is 5.50. The lowest BCUT2D eigenvalue weighted by Crippen LogP contribution is -2.37. The molecule has 1 N–H and O–H groups in total. The van der Waals surface area contributed by atoms with Gasteiger partial charge in [0, 0.05) is 6.54 Å². The number of rotatable bonds is 5. The molecule has 0 radical (unpaired) electrons. The van der Waals surface area contributed by atoms with Crippen molar-refractivity contribution in [3.8, 4) is 0 Å². The van der Waals surface area contributed by atoms with Gasteiger partial charge in [-0.05, 0) is 25.2 Å². The van der Waals surface area contributed by atoms with Gasteiger partial charge in [0.15, 0.2) is 0 Å². The number of carbonyl (C=O) groups excluding carboxylic acids is 1. The van der Waals surface area contributed by atoms with E-state index in [1.807, 2.05) is 4.90 Å². The van der Waals surface area contributed by atoms with E-state index in [4.69, 9.17) is 0 Å². The molecule has 2 aliphatic heterocycles. The Kier molecular flexibility index (Phi) is 3.72. The number of fused-ring (bicyclic) bond motifs is 1. The molecular formula is C13H24N2O. The first kappa shape index (κ1) is 11.7. The summed E-state index contributed by atoms with van der Waals surface area (Å²) in [5.41, 5.74) is 0. The Bertz CT molecular complexity index is 254. The minimum absolute atomic E-state index is 0.176. The van der Waals surface area contributed by atoms with Gasteiger partial charge in [0.2, 0.25) is 0 Å². The van der Waals surface area contributed by atoms with Crippen LogP contribution in [0, 0.1) is 5.92 Å². The van der Waals surface area contributed by atoms with Gasteiger partial charge in [-0.2, -0.15) is 0 Å². The molecule has 0 aromatic carbocycles. The molecule has 0 bridgehead atoms. The fourth-order valence-electron chi connectivity index (χ4n) is 3.16. The van der Waals surface area contributed by atoms with Crippen LogP contribution in [0.5, 0.6) is 0 Å². The standard InChI is InChI=1S/C13H24N2O/c1-3-4-5-7-10(2)12-11-8-6-9-15(11)13(16)14-12/h10-12H,3-9H2,1-2H3,(H,14,16). The van der Waals surface area contributed by atoms with Crippen LogP contribution in [0.15, 0.2) is 0 Å². The lowest BCUT2D eigenvalue weighted by atomic mass is 9.90. The van der Waals surface area contributed by atoms with Crippen LogP contribution in [0.25, 0.3) is 0 Å². The highest BCUT2D eigenvalue weighted by Crippen LogP contribution is 2.30. The number of hydrogen-bond donors (Lipinski definition) is 1. The summed E-state index contributed by atoms with van der Waals surface area (Å²) in [5, 5.41) is 3.17. The SMILES string of the molecule is CCCCCC(C)C1NC(=O)N2CCCC12. The summed E-state index contributed by atoms with van der Waals surface area (Å²) >= 11 is 0. The molecule has 3 nitrogen and oxygen atoms in total. The van der Waals surface area contributed by atoms with Crippen LogP contribution in [0.3, 0.4) is 0 Å². The number of nitrogens with zero attached hydrogens (tertiary/aromatic N) is 1. The van der Waals surface area contributed by atoms with Gasteiger partial charge in [0.1, 0.15) is 0 Å². The molecule has 3 unspecified atom stereocenters. The van der Waals surface area contributed by atoms with E-state index >= 15 is 0 Å². The normalized spacial score (nSPS) is 30.4. The Morgan fingerprint density at radius 2 is 2.31 bits per heavy atom. The lowest BCUT2D eigenvalue weighted by Gasteiger charge is -2.24. The Labute approximate surface area is 98.6 Å². The number of nitrogens with one attached hydrogen (secondary N) is 1. The second kappa shape index (κ2) is 5.07. The monoisotopic (exact) mass is 224 g/mol. The van der Waals surface area contributed by atoms with Crippen molar-refractivity contribution >= 4 is 6.03 Å². The first-order valence-corrected chi connectivity index (χ1v) is 6.81. The molecule has 0 aromatic heterocycles. The fourth-order valence-corrected chi connectivity index (χ4v) is 3.16. The van der Waals surface area contributed by atoms with Crippen LogP contribution in [-0.4, -0.2) is 29.6 Å². The van der Waals surface area contributed by atoms with Crippen LogP contribution >= 0.6 is 0 Å². The lowest BCUT2D eigenvalue weighted by molar-refractivity contribution is 0.215. The van der Waals surface area contributed by atoms with Crippen LogP contribution in [-0.2, 0) is 0 Å². The van der Waals surface area contributed by atoms with Gasteiger partial charge in [-0.3, -0.25) is 0 Å². The molecule has 3 heteroatoms. The van der Waals surface area contributed by atoms with Crippen LogP contribution in [0.1, 0.15) is 52.4 Å². The van der Waals surface area contributed by atoms with Crippen molar-refractivity contribution in [1.82, 2.24) is 10.2 Å². The highest BCUT2D eigenvalue weighted by Gasteiger charge is 2.43. The van der Waals surface area contributed by atoms with Gasteiger partial charge in [0.05, 0.1) is 12.1 Å². The number of urea groups is 1. The van der Waals surface area contributed by atoms with Crippen molar-refractivity contribution in [2.45, 2.75) is 64.5 Å². The maximum atomic E-state index is 11.7. The molecular weight excluding hydrogens is 200 g/mol. The number of carbonyl (C=O) groups is 1. The van der Waals surface area contributed by atoms with E-state index in [1.54, 1.807) is 0 Å². The fraction of sp³-hybridized carbons (Fsp3) is 0.923. The van der Waals surface area contributed by atoms with E-state index in [-0.39, 0.29) is 6.03 Å². The largest absolute Gasteiger partial charge is 0.333 e. The average Bonchev–Trinajstić information content (AvgIpc) is 2.83. The molecule has 3 atom stereocenters. The first-order valence-electron chi connectivity index (χ1n) is 6.81. The summed E-state index contributed by atoms with van der Waals surface area (Å²) < 4.78 is 0. The third-order valence-electron chi connectivity index (χ3n) is 4.14. The van der Waals surface area contributed by atoms with Crippen molar-refractivity contribution < 1.29 is 4.79 Å². The summed E-state index contributed by atoms with van der Waals surface area (Å²) in [6, 6.07) is 1.07. The Balaban J connectivity index is 1.86.